The first kappa shape index (κ1) is 11.9. The number of thiophene rings is 1. The van der Waals surface area contributed by atoms with Crippen LogP contribution in [-0.2, 0) is 4.79 Å². The predicted octanol–water partition coefficient (Wildman–Crippen LogP) is 2.12. The van der Waals surface area contributed by atoms with Crippen LogP contribution in [0.2, 0.25) is 0 Å². The Kier molecular flexibility index (Phi) is 3.63. The summed E-state index contributed by atoms with van der Waals surface area (Å²) in [5, 5.41) is 18.1. The summed E-state index contributed by atoms with van der Waals surface area (Å²) in [7, 11) is 0. The van der Waals surface area contributed by atoms with Crippen LogP contribution in [0.25, 0.3) is 0 Å². The van der Waals surface area contributed by atoms with Crippen molar-refractivity contribution in [3.63, 3.8) is 0 Å². The summed E-state index contributed by atoms with van der Waals surface area (Å²) < 4.78 is 0. The van der Waals surface area contributed by atoms with Gasteiger partial charge in [0, 0.05) is 11.4 Å². The first-order chi connectivity index (χ1) is 8.15. The fraction of sp³-hybridized carbons (Fsp3) is 0.455. The average molecular weight is 254 g/mol. The zero-order valence-electron chi connectivity index (χ0n) is 9.18. The molecular formula is C11H14N2O3S. The lowest BCUT2D eigenvalue weighted by molar-refractivity contribution is -0.141. The minimum absolute atomic E-state index is 0.0327. The second-order valence-corrected chi connectivity index (χ2v) is 4.94. The maximum atomic E-state index is 11.6. The predicted molar refractivity (Wildman–Crippen MR) is 65.2 cm³/mol. The number of hydrogen-bond donors (Lipinski definition) is 3. The molecule has 1 aliphatic rings. The average Bonchev–Trinajstić information content (AvgIpc) is 2.88. The molecule has 0 radical (unpaired) electrons. The summed E-state index contributed by atoms with van der Waals surface area (Å²) in [6, 6.07) is 1.52. The molecule has 1 fully saturated rings. The topological polar surface area (TPSA) is 78.4 Å². The van der Waals surface area contributed by atoms with Crippen LogP contribution in [0.3, 0.4) is 0 Å². The number of nitrogens with one attached hydrogen (secondary N) is 2. The molecule has 1 aliphatic carbocycles. The molecule has 2 atom stereocenters. The molecule has 0 bridgehead atoms. The molecule has 2 unspecified atom stereocenters. The van der Waals surface area contributed by atoms with Crippen LogP contribution in [0.1, 0.15) is 19.3 Å². The Morgan fingerprint density at radius 3 is 2.82 bits per heavy atom. The molecule has 2 amide bonds. The number of rotatable bonds is 3. The fourth-order valence-electron chi connectivity index (χ4n) is 2.03. The van der Waals surface area contributed by atoms with E-state index in [4.69, 9.17) is 5.11 Å². The quantitative estimate of drug-likeness (QED) is 0.773. The lowest BCUT2D eigenvalue weighted by Gasteiger charge is -2.12. The lowest BCUT2D eigenvalue weighted by Crippen LogP contribution is -2.36. The van der Waals surface area contributed by atoms with Crippen molar-refractivity contribution in [3.8, 4) is 0 Å². The van der Waals surface area contributed by atoms with E-state index < -0.39 is 5.97 Å². The molecule has 5 nitrogen and oxygen atoms in total. The third kappa shape index (κ3) is 3.20. The smallest absolute Gasteiger partial charge is 0.319 e. The van der Waals surface area contributed by atoms with Gasteiger partial charge >= 0.3 is 12.0 Å². The second-order valence-electron chi connectivity index (χ2n) is 4.16. The first-order valence-corrected chi connectivity index (χ1v) is 6.42. The number of amides is 2. The van der Waals surface area contributed by atoms with Gasteiger partial charge < -0.3 is 15.7 Å². The summed E-state index contributed by atoms with van der Waals surface area (Å²) in [4.78, 5) is 22.3. The van der Waals surface area contributed by atoms with Gasteiger partial charge in [0.25, 0.3) is 0 Å². The number of anilines is 1. The maximum Gasteiger partial charge on any atom is 0.319 e. The van der Waals surface area contributed by atoms with Crippen LogP contribution in [0.5, 0.6) is 0 Å². The number of carboxylic acids is 1. The minimum Gasteiger partial charge on any atom is -0.481 e. The highest BCUT2D eigenvalue weighted by molar-refractivity contribution is 7.08. The van der Waals surface area contributed by atoms with E-state index in [1.165, 1.54) is 11.3 Å². The largest absolute Gasteiger partial charge is 0.481 e. The van der Waals surface area contributed by atoms with E-state index in [0.717, 1.165) is 12.1 Å². The van der Waals surface area contributed by atoms with Gasteiger partial charge in [-0.3, -0.25) is 4.79 Å². The van der Waals surface area contributed by atoms with Gasteiger partial charge in [0.1, 0.15) is 0 Å². The van der Waals surface area contributed by atoms with Crippen molar-refractivity contribution in [2.24, 2.45) is 5.92 Å². The van der Waals surface area contributed by atoms with E-state index in [-0.39, 0.29) is 18.0 Å². The van der Waals surface area contributed by atoms with Gasteiger partial charge in [-0.2, -0.15) is 11.3 Å². The zero-order chi connectivity index (χ0) is 12.3. The van der Waals surface area contributed by atoms with E-state index in [9.17, 15) is 9.59 Å². The van der Waals surface area contributed by atoms with Gasteiger partial charge in [0.2, 0.25) is 0 Å². The van der Waals surface area contributed by atoms with Crippen molar-refractivity contribution in [1.82, 2.24) is 5.32 Å². The number of urea groups is 1. The van der Waals surface area contributed by atoms with Crippen LogP contribution in [0.15, 0.2) is 16.8 Å². The van der Waals surface area contributed by atoms with E-state index >= 15 is 0 Å². The Bertz CT molecular complexity index is 405. The van der Waals surface area contributed by atoms with Gasteiger partial charge in [0.15, 0.2) is 0 Å². The summed E-state index contributed by atoms with van der Waals surface area (Å²) in [5.41, 5.74) is 0.764. The molecular weight excluding hydrogens is 240 g/mol. The number of carboxylic acid groups (broad SMARTS) is 1. The number of carbonyl (C=O) groups is 2. The van der Waals surface area contributed by atoms with Crippen LogP contribution < -0.4 is 10.6 Å². The lowest BCUT2D eigenvalue weighted by atomic mass is 10.1. The molecule has 17 heavy (non-hydrogen) atoms. The summed E-state index contributed by atoms with van der Waals surface area (Å²) in [6.07, 6.45) is 1.89. The highest BCUT2D eigenvalue weighted by Crippen LogP contribution is 2.25. The number of aliphatic carboxylic acids is 1. The Morgan fingerprint density at radius 1 is 1.41 bits per heavy atom. The van der Waals surface area contributed by atoms with Crippen molar-refractivity contribution in [1.29, 1.82) is 0 Å². The first-order valence-electron chi connectivity index (χ1n) is 5.47. The molecule has 1 heterocycles. The SMILES string of the molecule is O=C(Nc1ccsc1)NC1CCC(C(=O)O)C1. The molecule has 3 N–H and O–H groups in total. The second kappa shape index (κ2) is 5.18. The Balaban J connectivity index is 1.78. The van der Waals surface area contributed by atoms with Crippen molar-refractivity contribution < 1.29 is 14.7 Å². The van der Waals surface area contributed by atoms with Gasteiger partial charge in [-0.05, 0) is 30.7 Å². The summed E-state index contributed by atoms with van der Waals surface area (Å²) in [5.74, 6) is -1.09. The third-order valence-electron chi connectivity index (χ3n) is 2.90. The van der Waals surface area contributed by atoms with Gasteiger partial charge in [-0.25, -0.2) is 4.79 Å². The molecule has 1 saturated carbocycles. The molecule has 0 spiro atoms. The van der Waals surface area contributed by atoms with E-state index in [0.29, 0.717) is 12.8 Å². The molecule has 2 rings (SSSR count). The minimum atomic E-state index is -0.771. The Labute approximate surface area is 103 Å². The highest BCUT2D eigenvalue weighted by Gasteiger charge is 2.30. The third-order valence-corrected chi connectivity index (χ3v) is 3.58. The molecule has 0 saturated heterocycles. The Hall–Kier alpha value is -1.56. The van der Waals surface area contributed by atoms with Gasteiger partial charge in [0.05, 0.1) is 11.6 Å². The molecule has 0 aromatic carbocycles. The van der Waals surface area contributed by atoms with Crippen molar-refractivity contribution in [3.05, 3.63) is 16.8 Å². The van der Waals surface area contributed by atoms with Crippen LogP contribution in [0, 0.1) is 5.92 Å². The molecule has 1 aromatic rings. The number of carbonyl (C=O) groups excluding carboxylic acids is 1. The van der Waals surface area contributed by atoms with Crippen molar-refractivity contribution in [2.75, 3.05) is 5.32 Å². The zero-order valence-corrected chi connectivity index (χ0v) is 10.00. The van der Waals surface area contributed by atoms with Crippen LogP contribution in [-0.4, -0.2) is 23.1 Å². The highest BCUT2D eigenvalue weighted by atomic mass is 32.1. The van der Waals surface area contributed by atoms with E-state index in [1.807, 2.05) is 16.8 Å². The molecule has 6 heteroatoms. The van der Waals surface area contributed by atoms with E-state index in [1.54, 1.807) is 0 Å². The fourth-order valence-corrected chi connectivity index (χ4v) is 2.61. The van der Waals surface area contributed by atoms with Crippen molar-refractivity contribution in [2.45, 2.75) is 25.3 Å². The molecule has 92 valence electrons. The van der Waals surface area contributed by atoms with Crippen LogP contribution in [0.4, 0.5) is 10.5 Å². The van der Waals surface area contributed by atoms with Crippen LogP contribution >= 0.6 is 11.3 Å². The molecule has 1 aromatic heterocycles. The van der Waals surface area contributed by atoms with Gasteiger partial charge in [-0.1, -0.05) is 0 Å². The summed E-state index contributed by atoms with van der Waals surface area (Å²) >= 11 is 1.51. The van der Waals surface area contributed by atoms with E-state index in [2.05, 4.69) is 10.6 Å². The monoisotopic (exact) mass is 254 g/mol. The standard InChI is InChI=1S/C11H14N2O3S/c14-10(15)7-1-2-8(5-7)12-11(16)13-9-3-4-17-6-9/h3-4,6-8H,1-2,5H2,(H,14,15)(H2,12,13,16). The normalized spacial score (nSPS) is 23.3. The molecule has 0 aliphatic heterocycles. The van der Waals surface area contributed by atoms with Crippen molar-refractivity contribution >= 4 is 29.0 Å². The maximum absolute atomic E-state index is 11.6. The Morgan fingerprint density at radius 2 is 2.24 bits per heavy atom. The van der Waals surface area contributed by atoms with Gasteiger partial charge in [-0.15, -0.1) is 0 Å². The summed E-state index contributed by atoms with van der Waals surface area (Å²) in [6.45, 7) is 0. The number of hydrogen-bond acceptors (Lipinski definition) is 3.